The van der Waals surface area contributed by atoms with Crippen LogP contribution in [0.1, 0.15) is 42.9 Å². The lowest BCUT2D eigenvalue weighted by atomic mass is 10.1. The number of hydrogen-bond donors (Lipinski definition) is 1. The summed E-state index contributed by atoms with van der Waals surface area (Å²) < 4.78 is 30.1. The summed E-state index contributed by atoms with van der Waals surface area (Å²) in [7, 11) is 1.58. The molecule has 51 heavy (non-hydrogen) atoms. The molecular formula is C37H31N3O9S2. The molecule has 1 fully saturated rings. The van der Waals surface area contributed by atoms with Crippen LogP contribution in [0.15, 0.2) is 125 Å². The molecule has 0 aliphatic carbocycles. The van der Waals surface area contributed by atoms with Crippen LogP contribution < -0.4 is 10.4 Å². The topological polar surface area (TPSA) is 148 Å². The largest absolute Gasteiger partial charge is 0.497 e. The van der Waals surface area contributed by atoms with E-state index in [1.54, 1.807) is 98.1 Å². The fourth-order valence-electron chi connectivity index (χ4n) is 5.19. The molecular weight excluding hydrogens is 695 g/mol. The van der Waals surface area contributed by atoms with Crippen LogP contribution in [0.4, 0.5) is 0 Å². The Bertz CT molecular complexity index is 2090. The van der Waals surface area contributed by atoms with E-state index in [-0.39, 0.29) is 26.4 Å². The molecule has 6 rings (SSSR count). The van der Waals surface area contributed by atoms with Gasteiger partial charge in [-0.1, -0.05) is 90.7 Å². The van der Waals surface area contributed by atoms with Crippen molar-refractivity contribution < 1.29 is 38.1 Å². The monoisotopic (exact) mass is 725 g/mol. The Hall–Kier alpha value is -5.57. The Balaban J connectivity index is 1.35. The molecule has 0 amide bonds. The van der Waals surface area contributed by atoms with Gasteiger partial charge in [-0.05, 0) is 54.1 Å². The minimum atomic E-state index is -1.44. The second-order valence-corrected chi connectivity index (χ2v) is 12.5. The molecule has 0 spiro atoms. The highest BCUT2D eigenvalue weighted by Crippen LogP contribution is 2.35. The van der Waals surface area contributed by atoms with E-state index in [0.29, 0.717) is 11.5 Å². The lowest BCUT2D eigenvalue weighted by molar-refractivity contribution is -0.0706. The summed E-state index contributed by atoms with van der Waals surface area (Å²) >= 11 is 6.70. The van der Waals surface area contributed by atoms with E-state index in [0.717, 1.165) is 10.2 Å². The van der Waals surface area contributed by atoms with Gasteiger partial charge in [0.05, 0.1) is 23.8 Å². The first-order valence-electron chi connectivity index (χ1n) is 15.7. The molecule has 0 bridgehead atoms. The third-order valence-corrected chi connectivity index (χ3v) is 9.24. The van der Waals surface area contributed by atoms with Gasteiger partial charge in [-0.25, -0.2) is 19.2 Å². The van der Waals surface area contributed by atoms with E-state index >= 15 is 0 Å². The highest BCUT2D eigenvalue weighted by molar-refractivity contribution is 7.98. The summed E-state index contributed by atoms with van der Waals surface area (Å²) in [5.41, 5.74) is 0.866. The summed E-state index contributed by atoms with van der Waals surface area (Å²) in [6.45, 7) is -0.424. The van der Waals surface area contributed by atoms with Crippen molar-refractivity contribution in [2.75, 3.05) is 13.7 Å². The first-order chi connectivity index (χ1) is 24.8. The number of rotatable bonds is 12. The second-order valence-electron chi connectivity index (χ2n) is 11.1. The average Bonchev–Trinajstić information content (AvgIpc) is 3.50. The van der Waals surface area contributed by atoms with Crippen molar-refractivity contribution in [1.82, 2.24) is 14.8 Å². The molecule has 5 aromatic rings. The van der Waals surface area contributed by atoms with E-state index in [4.69, 9.17) is 35.9 Å². The standard InChI is InChI=1S/C37H31N3O9S2/c1-45-27-19-17-23(18-20-27)22-51-32-31(50)38-37(44)40(39-32)33-30(49-36(43)26-15-9-4-10-16-26)29(48-35(42)25-13-7-3-8-14-25)28(47-33)21-46-34(41)24-11-5-2-6-12-24/h2-20,28-30,33H,21-22H2,1H3,(H,38,44,50)/t28-,29+,30+,33+/m0/s1. The maximum atomic E-state index is 13.5. The summed E-state index contributed by atoms with van der Waals surface area (Å²) in [6, 6.07) is 32.1. The van der Waals surface area contributed by atoms with Crippen LogP contribution in [-0.4, -0.2) is 64.7 Å². The number of H-pyrrole nitrogens is 1. The fourth-order valence-corrected chi connectivity index (χ4v) is 6.32. The zero-order chi connectivity index (χ0) is 35.7. The first-order valence-corrected chi connectivity index (χ1v) is 17.1. The minimum Gasteiger partial charge on any atom is -0.497 e. The van der Waals surface area contributed by atoms with E-state index in [1.807, 2.05) is 24.3 Å². The molecule has 1 aromatic heterocycles. The number of ether oxygens (including phenoxy) is 5. The summed E-state index contributed by atoms with van der Waals surface area (Å²) in [6.07, 6.45) is -5.42. The first kappa shape index (κ1) is 35.3. The zero-order valence-corrected chi connectivity index (χ0v) is 28.7. The number of carbonyl (C=O) groups excluding carboxylic acids is 3. The van der Waals surface area contributed by atoms with Gasteiger partial charge in [0.15, 0.2) is 23.5 Å². The molecule has 260 valence electrons. The third kappa shape index (κ3) is 8.60. The lowest BCUT2D eigenvalue weighted by Gasteiger charge is -2.24. The van der Waals surface area contributed by atoms with Gasteiger partial charge in [-0.2, -0.15) is 9.78 Å². The highest BCUT2D eigenvalue weighted by Gasteiger charge is 2.52. The molecule has 1 saturated heterocycles. The Kier molecular flexibility index (Phi) is 11.4. The van der Waals surface area contributed by atoms with Crippen LogP contribution in [0, 0.1) is 4.64 Å². The normalized spacial score (nSPS) is 18.1. The van der Waals surface area contributed by atoms with Crippen molar-refractivity contribution >= 4 is 41.9 Å². The van der Waals surface area contributed by atoms with Crippen LogP contribution in [0.5, 0.6) is 5.75 Å². The van der Waals surface area contributed by atoms with Gasteiger partial charge in [0.25, 0.3) is 0 Å². The Morgan fingerprint density at radius 3 is 1.86 bits per heavy atom. The molecule has 14 heteroatoms. The molecule has 12 nitrogen and oxygen atoms in total. The Morgan fingerprint density at radius 1 is 0.784 bits per heavy atom. The van der Waals surface area contributed by atoms with Gasteiger partial charge in [0.2, 0.25) is 0 Å². The van der Waals surface area contributed by atoms with Crippen molar-refractivity contribution in [2.45, 2.75) is 35.3 Å². The molecule has 4 atom stereocenters. The number of aromatic amines is 1. The number of carbonyl (C=O) groups is 3. The quantitative estimate of drug-likeness (QED) is 0.0717. The number of benzene rings is 4. The van der Waals surface area contributed by atoms with Crippen molar-refractivity contribution in [3.8, 4) is 5.75 Å². The summed E-state index contributed by atoms with van der Waals surface area (Å²) in [5.74, 6) is -1.05. The van der Waals surface area contributed by atoms with Gasteiger partial charge in [-0.3, -0.25) is 4.98 Å². The molecule has 2 heterocycles. The predicted octanol–water partition coefficient (Wildman–Crippen LogP) is 5.81. The van der Waals surface area contributed by atoms with Crippen molar-refractivity contribution in [3.63, 3.8) is 0 Å². The maximum Gasteiger partial charge on any atom is 0.345 e. The van der Waals surface area contributed by atoms with Crippen LogP contribution in [0.3, 0.4) is 0 Å². The number of esters is 3. The average molecular weight is 726 g/mol. The van der Waals surface area contributed by atoms with Crippen LogP contribution in [-0.2, 0) is 24.7 Å². The van der Waals surface area contributed by atoms with E-state index in [1.165, 1.54) is 11.8 Å². The van der Waals surface area contributed by atoms with Gasteiger partial charge in [0.1, 0.15) is 23.1 Å². The summed E-state index contributed by atoms with van der Waals surface area (Å²) in [5, 5.41) is 4.81. The van der Waals surface area contributed by atoms with Crippen LogP contribution in [0.2, 0.25) is 0 Å². The van der Waals surface area contributed by atoms with Gasteiger partial charge < -0.3 is 23.7 Å². The fraction of sp³-hybridized carbons (Fsp3) is 0.189. The molecule has 0 unspecified atom stereocenters. The van der Waals surface area contributed by atoms with Crippen molar-refractivity contribution in [2.24, 2.45) is 0 Å². The van der Waals surface area contributed by atoms with Gasteiger partial charge in [0, 0.05) is 5.75 Å². The zero-order valence-electron chi connectivity index (χ0n) is 27.1. The van der Waals surface area contributed by atoms with E-state index < -0.39 is 54.7 Å². The number of nitrogens with zero attached hydrogens (tertiary/aromatic N) is 2. The van der Waals surface area contributed by atoms with Gasteiger partial charge >= 0.3 is 23.6 Å². The van der Waals surface area contributed by atoms with Gasteiger partial charge in [-0.15, -0.1) is 0 Å². The molecule has 1 aliphatic heterocycles. The Morgan fingerprint density at radius 2 is 1.31 bits per heavy atom. The molecule has 1 aliphatic rings. The second kappa shape index (κ2) is 16.4. The number of nitrogens with one attached hydrogen (secondary N) is 1. The summed E-state index contributed by atoms with van der Waals surface area (Å²) in [4.78, 5) is 56.0. The van der Waals surface area contributed by atoms with E-state index in [2.05, 4.69) is 10.1 Å². The van der Waals surface area contributed by atoms with E-state index in [9.17, 15) is 19.2 Å². The smallest absolute Gasteiger partial charge is 0.345 e. The Labute approximate surface area is 301 Å². The molecule has 4 aromatic carbocycles. The number of methoxy groups -OCH3 is 1. The number of aromatic nitrogens is 3. The predicted molar refractivity (Wildman–Crippen MR) is 188 cm³/mol. The number of hydrogen-bond acceptors (Lipinski definition) is 12. The third-order valence-electron chi connectivity index (χ3n) is 7.78. The van der Waals surface area contributed by atoms with Crippen molar-refractivity contribution in [1.29, 1.82) is 0 Å². The highest BCUT2D eigenvalue weighted by atomic mass is 32.2. The minimum absolute atomic E-state index is 0.0889. The number of thioether (sulfide) groups is 1. The van der Waals surface area contributed by atoms with Crippen molar-refractivity contribution in [3.05, 3.63) is 153 Å². The molecule has 0 saturated carbocycles. The SMILES string of the molecule is COc1ccc(CSc2nn([C@@H]3O[C@@H](COC(=O)c4ccccc4)[C@@H](OC(=O)c4ccccc4)[C@H]3OC(=O)c3ccccc3)c(=O)[nH]c2=S)cc1. The maximum absolute atomic E-state index is 13.5. The van der Waals surface area contributed by atoms with Crippen LogP contribution in [0.25, 0.3) is 0 Å². The van der Waals surface area contributed by atoms with Crippen LogP contribution >= 0.6 is 24.0 Å². The lowest BCUT2D eigenvalue weighted by Crippen LogP contribution is -2.43. The molecule has 1 N–H and O–H groups in total. The molecule has 0 radical (unpaired) electrons.